The molecule has 1 aliphatic rings. The summed E-state index contributed by atoms with van der Waals surface area (Å²) in [6, 6.07) is 14.1. The smallest absolute Gasteiger partial charge is 0.256 e. The first-order chi connectivity index (χ1) is 10.6. The predicted molar refractivity (Wildman–Crippen MR) is 86.7 cm³/mol. The number of amides is 1. The molecule has 1 fully saturated rings. The van der Waals surface area contributed by atoms with E-state index in [0.29, 0.717) is 5.56 Å². The van der Waals surface area contributed by atoms with Crippen molar-refractivity contribution in [2.75, 3.05) is 26.7 Å². The molecular weight excluding hydrogens is 274 g/mol. The molecule has 0 N–H and O–H groups in total. The molecule has 114 valence electrons. The quantitative estimate of drug-likeness (QED) is 0.854. The zero-order valence-electron chi connectivity index (χ0n) is 13.1. The largest absolute Gasteiger partial charge is 0.329 e. The highest BCUT2D eigenvalue weighted by Crippen LogP contribution is 2.26. The lowest BCUT2D eigenvalue weighted by Gasteiger charge is -2.40. The van der Waals surface area contributed by atoms with Crippen molar-refractivity contribution in [3.05, 3.63) is 65.5 Å². The molecule has 0 saturated carbocycles. The number of rotatable bonds is 2. The SMILES string of the molecule is Cc1ccc(C(=O)N2CCN(C)CC2c2ccccc2)cn1. The van der Waals surface area contributed by atoms with Gasteiger partial charge < -0.3 is 9.80 Å². The Kier molecular flexibility index (Phi) is 4.20. The summed E-state index contributed by atoms with van der Waals surface area (Å²) >= 11 is 0. The van der Waals surface area contributed by atoms with Crippen LogP contribution < -0.4 is 0 Å². The summed E-state index contributed by atoms with van der Waals surface area (Å²) in [5, 5.41) is 0. The lowest BCUT2D eigenvalue weighted by atomic mass is 10.0. The first kappa shape index (κ1) is 14.7. The summed E-state index contributed by atoms with van der Waals surface area (Å²) in [4.78, 5) is 21.4. The standard InChI is InChI=1S/C18H21N3O/c1-14-8-9-16(12-19-14)18(22)21-11-10-20(2)13-17(21)15-6-4-3-5-7-15/h3-9,12,17H,10-11,13H2,1-2H3. The Labute approximate surface area is 131 Å². The van der Waals surface area contributed by atoms with E-state index < -0.39 is 0 Å². The maximum Gasteiger partial charge on any atom is 0.256 e. The zero-order chi connectivity index (χ0) is 15.5. The number of carbonyl (C=O) groups excluding carboxylic acids is 1. The number of hydrogen-bond acceptors (Lipinski definition) is 3. The highest BCUT2D eigenvalue weighted by molar-refractivity contribution is 5.94. The van der Waals surface area contributed by atoms with Crippen molar-refractivity contribution >= 4 is 5.91 Å². The van der Waals surface area contributed by atoms with Crippen molar-refractivity contribution < 1.29 is 4.79 Å². The van der Waals surface area contributed by atoms with Crippen molar-refractivity contribution in [2.24, 2.45) is 0 Å². The topological polar surface area (TPSA) is 36.4 Å². The molecule has 2 aromatic rings. The minimum Gasteiger partial charge on any atom is -0.329 e. The van der Waals surface area contributed by atoms with Crippen LogP contribution in [0.15, 0.2) is 48.7 Å². The summed E-state index contributed by atoms with van der Waals surface area (Å²) < 4.78 is 0. The summed E-state index contributed by atoms with van der Waals surface area (Å²) in [5.41, 5.74) is 2.77. The number of pyridine rings is 1. The second kappa shape index (κ2) is 6.28. The predicted octanol–water partition coefficient (Wildman–Crippen LogP) is 2.52. The van der Waals surface area contributed by atoms with Crippen LogP contribution in [0.25, 0.3) is 0 Å². The second-order valence-corrected chi connectivity index (χ2v) is 5.88. The molecule has 1 atom stereocenters. The van der Waals surface area contributed by atoms with E-state index in [9.17, 15) is 4.79 Å². The van der Waals surface area contributed by atoms with Crippen LogP contribution in [0.2, 0.25) is 0 Å². The highest BCUT2D eigenvalue weighted by Gasteiger charge is 2.30. The molecule has 1 aromatic heterocycles. The van der Waals surface area contributed by atoms with E-state index in [-0.39, 0.29) is 11.9 Å². The van der Waals surface area contributed by atoms with Gasteiger partial charge in [-0.2, -0.15) is 0 Å². The molecule has 0 aliphatic carbocycles. The van der Waals surface area contributed by atoms with E-state index in [1.807, 2.05) is 42.2 Å². The van der Waals surface area contributed by atoms with Gasteiger partial charge in [-0.25, -0.2) is 0 Å². The average Bonchev–Trinajstić information content (AvgIpc) is 2.56. The molecule has 1 aliphatic heterocycles. The number of likely N-dealkylation sites (N-methyl/N-ethyl adjacent to an activating group) is 1. The van der Waals surface area contributed by atoms with Gasteiger partial charge in [0.15, 0.2) is 0 Å². The van der Waals surface area contributed by atoms with Gasteiger partial charge in [0.2, 0.25) is 0 Å². The lowest BCUT2D eigenvalue weighted by Crippen LogP contribution is -2.49. The van der Waals surface area contributed by atoms with Crippen LogP contribution in [0.1, 0.15) is 27.7 Å². The normalized spacial score (nSPS) is 19.2. The molecule has 0 radical (unpaired) electrons. The van der Waals surface area contributed by atoms with Gasteiger partial charge in [-0.15, -0.1) is 0 Å². The molecule has 1 aromatic carbocycles. The Bertz CT molecular complexity index is 639. The van der Waals surface area contributed by atoms with E-state index in [2.05, 4.69) is 29.1 Å². The fourth-order valence-electron chi connectivity index (χ4n) is 2.88. The second-order valence-electron chi connectivity index (χ2n) is 5.88. The molecule has 4 heteroatoms. The Morgan fingerprint density at radius 2 is 1.91 bits per heavy atom. The van der Waals surface area contributed by atoms with Crippen LogP contribution in [-0.2, 0) is 0 Å². The maximum absolute atomic E-state index is 12.9. The maximum atomic E-state index is 12.9. The molecule has 2 heterocycles. The zero-order valence-corrected chi connectivity index (χ0v) is 13.1. The monoisotopic (exact) mass is 295 g/mol. The van der Waals surface area contributed by atoms with Crippen molar-refractivity contribution in [1.82, 2.24) is 14.8 Å². The summed E-state index contributed by atoms with van der Waals surface area (Å²) in [6.45, 7) is 4.42. The number of piperazine rings is 1. The third-order valence-electron chi connectivity index (χ3n) is 4.19. The fourth-order valence-corrected chi connectivity index (χ4v) is 2.88. The van der Waals surface area contributed by atoms with Gasteiger partial charge in [0.1, 0.15) is 0 Å². The molecule has 1 saturated heterocycles. The Morgan fingerprint density at radius 1 is 1.14 bits per heavy atom. The lowest BCUT2D eigenvalue weighted by molar-refractivity contribution is 0.0497. The number of hydrogen-bond donors (Lipinski definition) is 0. The Hall–Kier alpha value is -2.20. The van der Waals surface area contributed by atoms with E-state index in [4.69, 9.17) is 0 Å². The number of carbonyl (C=O) groups is 1. The summed E-state index contributed by atoms with van der Waals surface area (Å²) in [6.07, 6.45) is 1.68. The van der Waals surface area contributed by atoms with Crippen molar-refractivity contribution in [2.45, 2.75) is 13.0 Å². The van der Waals surface area contributed by atoms with Gasteiger partial charge in [-0.1, -0.05) is 30.3 Å². The van der Waals surface area contributed by atoms with Crippen LogP contribution >= 0.6 is 0 Å². The van der Waals surface area contributed by atoms with E-state index in [1.54, 1.807) is 6.20 Å². The average molecular weight is 295 g/mol. The molecule has 4 nitrogen and oxygen atoms in total. The van der Waals surface area contributed by atoms with Crippen LogP contribution in [-0.4, -0.2) is 47.4 Å². The van der Waals surface area contributed by atoms with Crippen LogP contribution in [0, 0.1) is 6.92 Å². The first-order valence-electron chi connectivity index (χ1n) is 7.62. The van der Waals surface area contributed by atoms with Crippen molar-refractivity contribution in [3.8, 4) is 0 Å². The third kappa shape index (κ3) is 3.02. The number of aryl methyl sites for hydroxylation is 1. The molecular formula is C18H21N3O. The minimum absolute atomic E-state index is 0.0643. The molecule has 3 rings (SSSR count). The molecule has 0 bridgehead atoms. The molecule has 0 spiro atoms. The number of nitrogens with zero attached hydrogens (tertiary/aromatic N) is 3. The third-order valence-corrected chi connectivity index (χ3v) is 4.19. The van der Waals surface area contributed by atoms with Gasteiger partial charge in [0.25, 0.3) is 5.91 Å². The molecule has 1 unspecified atom stereocenters. The Balaban J connectivity index is 1.89. The van der Waals surface area contributed by atoms with E-state index in [1.165, 1.54) is 5.56 Å². The van der Waals surface area contributed by atoms with Crippen LogP contribution in [0.4, 0.5) is 0 Å². The fraction of sp³-hybridized carbons (Fsp3) is 0.333. The van der Waals surface area contributed by atoms with Gasteiger partial charge >= 0.3 is 0 Å². The number of benzene rings is 1. The Morgan fingerprint density at radius 3 is 2.59 bits per heavy atom. The minimum atomic E-state index is 0.0643. The summed E-state index contributed by atoms with van der Waals surface area (Å²) in [7, 11) is 2.10. The van der Waals surface area contributed by atoms with Gasteiger partial charge in [0.05, 0.1) is 11.6 Å². The summed E-state index contributed by atoms with van der Waals surface area (Å²) in [5.74, 6) is 0.0643. The molecule has 1 amide bonds. The van der Waals surface area contributed by atoms with Gasteiger partial charge in [0, 0.05) is 31.5 Å². The van der Waals surface area contributed by atoms with E-state index in [0.717, 1.165) is 25.3 Å². The van der Waals surface area contributed by atoms with Crippen LogP contribution in [0.3, 0.4) is 0 Å². The van der Waals surface area contributed by atoms with Crippen molar-refractivity contribution in [1.29, 1.82) is 0 Å². The highest BCUT2D eigenvalue weighted by atomic mass is 16.2. The van der Waals surface area contributed by atoms with Gasteiger partial charge in [-0.05, 0) is 31.7 Å². The van der Waals surface area contributed by atoms with E-state index >= 15 is 0 Å². The van der Waals surface area contributed by atoms with Gasteiger partial charge in [-0.3, -0.25) is 9.78 Å². The van der Waals surface area contributed by atoms with Crippen molar-refractivity contribution in [3.63, 3.8) is 0 Å². The first-order valence-corrected chi connectivity index (χ1v) is 7.62. The number of aromatic nitrogens is 1. The van der Waals surface area contributed by atoms with Crippen LogP contribution in [0.5, 0.6) is 0 Å². The molecule has 22 heavy (non-hydrogen) atoms.